The van der Waals surface area contributed by atoms with Crippen LogP contribution in [0.25, 0.3) is 44.9 Å². The first kappa shape index (κ1) is 37.9. The number of fused-ring (bicyclic) bond motifs is 1. The number of anilines is 1. The van der Waals surface area contributed by atoms with Crippen LogP contribution >= 0.6 is 0 Å². The fraction of sp³-hybridized carbons (Fsp3) is 0.308. The number of aliphatic carboxylic acids is 1. The van der Waals surface area contributed by atoms with E-state index in [1.165, 1.54) is 5.56 Å². The Bertz CT molecular complexity index is 2140. The van der Waals surface area contributed by atoms with Crippen LogP contribution in [0.5, 0.6) is 0 Å². The van der Waals surface area contributed by atoms with Crippen molar-refractivity contribution in [3.05, 3.63) is 103 Å². The Morgan fingerprint density at radius 3 is 2.24 bits per heavy atom. The van der Waals surface area contributed by atoms with Crippen LogP contribution in [0.2, 0.25) is 0 Å². The van der Waals surface area contributed by atoms with Crippen molar-refractivity contribution in [2.24, 2.45) is 0 Å². The molecule has 0 spiro atoms. The molecule has 4 aromatic heterocycles. The Morgan fingerprint density at radius 1 is 0.889 bits per heavy atom. The normalized spacial score (nSPS) is 13.8. The smallest absolute Gasteiger partial charge is 0.475 e. The van der Waals surface area contributed by atoms with Crippen molar-refractivity contribution in [3.8, 4) is 33.9 Å². The Hall–Kier alpha value is -5.80. The number of hydrogen-bond donors (Lipinski definition) is 2. The number of aromatic nitrogens is 7. The molecular weight excluding hydrogens is 697 g/mol. The molecule has 5 heterocycles. The first-order chi connectivity index (χ1) is 25.9. The molecule has 0 amide bonds. The Labute approximate surface area is 310 Å². The number of piperidine rings is 1. The van der Waals surface area contributed by atoms with Crippen molar-refractivity contribution >= 4 is 23.0 Å². The van der Waals surface area contributed by atoms with Gasteiger partial charge in [-0.15, -0.1) is 0 Å². The molecule has 15 heteroatoms. The molecule has 2 aromatic carbocycles. The highest BCUT2D eigenvalue weighted by Gasteiger charge is 2.38. The molecule has 2 N–H and O–H groups in total. The molecule has 0 saturated carbocycles. The number of carbonyl (C=O) groups is 1. The van der Waals surface area contributed by atoms with Gasteiger partial charge in [-0.25, -0.2) is 19.7 Å². The molecule has 280 valence electrons. The summed E-state index contributed by atoms with van der Waals surface area (Å²) >= 11 is 0. The predicted molar refractivity (Wildman–Crippen MR) is 201 cm³/mol. The zero-order valence-electron chi connectivity index (χ0n) is 30.2. The third kappa shape index (κ3) is 9.59. The maximum atomic E-state index is 10.6. The van der Waals surface area contributed by atoms with Crippen molar-refractivity contribution in [2.75, 3.05) is 52.2 Å². The van der Waals surface area contributed by atoms with Crippen molar-refractivity contribution in [2.45, 2.75) is 31.5 Å². The molecule has 0 unspecified atom stereocenters. The van der Waals surface area contributed by atoms with Crippen LogP contribution in [-0.2, 0) is 11.3 Å². The fourth-order valence-corrected chi connectivity index (χ4v) is 6.10. The van der Waals surface area contributed by atoms with Crippen molar-refractivity contribution in [3.63, 3.8) is 0 Å². The Kier molecular flexibility index (Phi) is 11.9. The summed E-state index contributed by atoms with van der Waals surface area (Å²) in [5.41, 5.74) is 6.98. The number of nitrogens with zero attached hydrogens (tertiary/aromatic N) is 9. The van der Waals surface area contributed by atoms with E-state index < -0.39 is 12.1 Å². The monoisotopic (exact) mass is 738 g/mol. The van der Waals surface area contributed by atoms with Crippen LogP contribution < -0.4 is 4.90 Å². The summed E-state index contributed by atoms with van der Waals surface area (Å²) in [5.74, 6) is -0.0658. The SMILES string of the molecule is CN(C)CCN(C)c1ncc2cc(-c3ccccc3)c(-c3ccc(CN4CCC(c5nc(-c6ccccn6)n[nH]5)CC4)cc3)nc2n1.O=C(O)C(F)(F)F. The quantitative estimate of drug-likeness (QED) is 0.158. The number of aromatic amines is 1. The zero-order valence-corrected chi connectivity index (χ0v) is 30.2. The molecular formula is C39H41F3N10O2. The number of benzene rings is 2. The van der Waals surface area contributed by atoms with Gasteiger partial charge < -0.3 is 14.9 Å². The summed E-state index contributed by atoms with van der Waals surface area (Å²) in [4.78, 5) is 39.5. The number of likely N-dealkylation sites (N-methyl/N-ethyl adjacent to an activating group) is 2. The number of rotatable bonds is 10. The largest absolute Gasteiger partial charge is 0.490 e. The summed E-state index contributed by atoms with van der Waals surface area (Å²) in [7, 11) is 6.17. The molecule has 7 rings (SSSR count). The lowest BCUT2D eigenvalue weighted by Crippen LogP contribution is -2.32. The van der Waals surface area contributed by atoms with E-state index in [1.807, 2.05) is 37.5 Å². The van der Waals surface area contributed by atoms with Gasteiger partial charge in [0.1, 0.15) is 11.5 Å². The van der Waals surface area contributed by atoms with Gasteiger partial charge in [0, 0.05) is 61.5 Å². The molecule has 1 saturated heterocycles. The van der Waals surface area contributed by atoms with Crippen LogP contribution in [0.4, 0.5) is 19.1 Å². The lowest BCUT2D eigenvalue weighted by molar-refractivity contribution is -0.192. The van der Waals surface area contributed by atoms with Gasteiger partial charge in [0.05, 0.1) is 5.69 Å². The standard InChI is InChI=1S/C37H40N10.C2HF3O2/c1-45(2)21-22-46(3)37-39-24-30-23-31(27-9-5-4-6-10-27)33(40-34(30)42-37)28-14-12-26(13-15-28)25-47-19-16-29(17-20-47)35-41-36(44-43-35)32-11-7-8-18-38-32;3-2(4,5)1(6)7/h4-15,18,23-24,29H,16-17,19-22,25H2,1-3H3,(H,41,43,44);(H,6,7). The van der Waals surface area contributed by atoms with E-state index >= 15 is 0 Å². The second-order valence-electron chi connectivity index (χ2n) is 13.4. The maximum absolute atomic E-state index is 10.6. The van der Waals surface area contributed by atoms with Gasteiger partial charge in [-0.2, -0.15) is 23.3 Å². The van der Waals surface area contributed by atoms with Crippen molar-refractivity contribution in [1.82, 2.24) is 44.9 Å². The minimum Gasteiger partial charge on any atom is -0.475 e. The van der Waals surface area contributed by atoms with Crippen molar-refractivity contribution in [1.29, 1.82) is 0 Å². The van der Waals surface area contributed by atoms with Gasteiger partial charge in [0.2, 0.25) is 5.95 Å². The van der Waals surface area contributed by atoms with Crippen LogP contribution in [-0.4, -0.2) is 109 Å². The molecule has 12 nitrogen and oxygen atoms in total. The minimum absolute atomic E-state index is 0.381. The fourth-order valence-electron chi connectivity index (χ4n) is 6.10. The topological polar surface area (TPSA) is 140 Å². The molecule has 54 heavy (non-hydrogen) atoms. The molecule has 1 aliphatic rings. The number of H-pyrrole nitrogens is 1. The number of hydrogen-bond acceptors (Lipinski definition) is 10. The second kappa shape index (κ2) is 16.9. The number of likely N-dealkylation sites (tertiary alicyclic amines) is 1. The van der Waals surface area contributed by atoms with Crippen LogP contribution in [0.1, 0.15) is 30.1 Å². The van der Waals surface area contributed by atoms with E-state index in [-0.39, 0.29) is 0 Å². The molecule has 1 fully saturated rings. The number of alkyl halides is 3. The summed E-state index contributed by atoms with van der Waals surface area (Å²) in [6.07, 6.45) is 0.672. The lowest BCUT2D eigenvalue weighted by atomic mass is 9.95. The van der Waals surface area contributed by atoms with E-state index in [1.54, 1.807) is 6.20 Å². The molecule has 0 atom stereocenters. The molecule has 0 bridgehead atoms. The number of carboxylic acids is 1. The molecule has 0 aliphatic carbocycles. The first-order valence-corrected chi connectivity index (χ1v) is 17.5. The van der Waals surface area contributed by atoms with E-state index in [9.17, 15) is 13.2 Å². The highest BCUT2D eigenvalue weighted by Crippen LogP contribution is 2.34. The van der Waals surface area contributed by atoms with Gasteiger partial charge in [0.25, 0.3) is 0 Å². The average Bonchev–Trinajstić information content (AvgIpc) is 3.68. The van der Waals surface area contributed by atoms with Gasteiger partial charge in [0.15, 0.2) is 11.5 Å². The third-order valence-electron chi connectivity index (χ3n) is 9.11. The maximum Gasteiger partial charge on any atom is 0.490 e. The predicted octanol–water partition coefficient (Wildman–Crippen LogP) is 6.55. The van der Waals surface area contributed by atoms with E-state index in [4.69, 9.17) is 24.9 Å². The van der Waals surface area contributed by atoms with Crippen LogP contribution in [0.3, 0.4) is 0 Å². The van der Waals surface area contributed by atoms with Crippen molar-refractivity contribution < 1.29 is 23.1 Å². The summed E-state index contributed by atoms with van der Waals surface area (Å²) in [5, 5.41) is 15.6. The highest BCUT2D eigenvalue weighted by atomic mass is 19.4. The van der Waals surface area contributed by atoms with Gasteiger partial charge in [-0.05, 0) is 69.4 Å². The highest BCUT2D eigenvalue weighted by molar-refractivity contribution is 5.90. The molecule has 0 radical (unpaired) electrons. The second-order valence-corrected chi connectivity index (χ2v) is 13.4. The number of carboxylic acid groups (broad SMARTS) is 1. The molecule has 6 aromatic rings. The van der Waals surface area contributed by atoms with E-state index in [0.717, 1.165) is 84.9 Å². The summed E-state index contributed by atoms with van der Waals surface area (Å²) in [6, 6.07) is 27.3. The Balaban J connectivity index is 0.000000649. The number of pyridine rings is 2. The lowest BCUT2D eigenvalue weighted by Gasteiger charge is -2.31. The van der Waals surface area contributed by atoms with Crippen LogP contribution in [0.15, 0.2) is 91.3 Å². The first-order valence-electron chi connectivity index (χ1n) is 17.5. The summed E-state index contributed by atoms with van der Waals surface area (Å²) < 4.78 is 31.7. The average molecular weight is 739 g/mol. The summed E-state index contributed by atoms with van der Waals surface area (Å²) in [6.45, 7) is 4.69. The Morgan fingerprint density at radius 2 is 1.59 bits per heavy atom. The number of halogens is 3. The molecule has 1 aliphatic heterocycles. The minimum atomic E-state index is -5.08. The van der Waals surface area contributed by atoms with Gasteiger partial charge >= 0.3 is 12.1 Å². The van der Waals surface area contributed by atoms with Crippen LogP contribution in [0, 0.1) is 0 Å². The van der Waals surface area contributed by atoms with Gasteiger partial charge in [-0.3, -0.25) is 15.0 Å². The third-order valence-corrected chi connectivity index (χ3v) is 9.11. The van der Waals surface area contributed by atoms with E-state index in [0.29, 0.717) is 23.3 Å². The van der Waals surface area contributed by atoms with E-state index in [2.05, 4.69) is 104 Å². The zero-order chi connectivity index (χ0) is 38.2. The van der Waals surface area contributed by atoms with Gasteiger partial charge in [-0.1, -0.05) is 60.7 Å². The number of nitrogens with one attached hydrogen (secondary N) is 1.